The number of benzene rings is 1. The Kier molecular flexibility index (Phi) is 6.06. The molecule has 1 rings (SSSR count). The molecule has 0 aliphatic heterocycles. The van der Waals surface area contributed by atoms with E-state index in [0.29, 0.717) is 0 Å². The van der Waals surface area contributed by atoms with Crippen LogP contribution in [0.2, 0.25) is 0 Å². The third kappa shape index (κ3) is 6.68. The molecule has 21 heavy (non-hydrogen) atoms. The number of amides is 2. The SMILES string of the molecule is CC(NC(=O)NCC(F)(F)F)c1ccc(C#CCN)cc1. The Bertz CT molecular complexity index is 529. The van der Waals surface area contributed by atoms with E-state index in [1.165, 1.54) is 0 Å². The molecule has 1 aromatic carbocycles. The van der Waals surface area contributed by atoms with Crippen LogP contribution in [0.4, 0.5) is 18.0 Å². The highest BCUT2D eigenvalue weighted by Crippen LogP contribution is 2.14. The summed E-state index contributed by atoms with van der Waals surface area (Å²) in [6, 6.07) is 5.71. The molecule has 0 saturated carbocycles. The molecule has 1 atom stereocenters. The lowest BCUT2D eigenvalue weighted by Crippen LogP contribution is -2.41. The van der Waals surface area contributed by atoms with Gasteiger partial charge in [0.1, 0.15) is 6.54 Å². The predicted molar refractivity (Wildman–Crippen MR) is 73.4 cm³/mol. The number of urea groups is 1. The fourth-order valence-corrected chi connectivity index (χ4v) is 1.52. The molecule has 4 nitrogen and oxygen atoms in total. The molecule has 0 radical (unpaired) electrons. The van der Waals surface area contributed by atoms with Crippen LogP contribution >= 0.6 is 0 Å². The molecule has 0 aliphatic carbocycles. The molecule has 7 heteroatoms. The number of nitrogens with one attached hydrogen (secondary N) is 2. The average Bonchev–Trinajstić information content (AvgIpc) is 2.42. The zero-order valence-corrected chi connectivity index (χ0v) is 11.4. The van der Waals surface area contributed by atoms with E-state index < -0.39 is 24.8 Å². The van der Waals surface area contributed by atoms with Crippen molar-refractivity contribution in [3.8, 4) is 11.8 Å². The Morgan fingerprint density at radius 1 is 1.33 bits per heavy atom. The Morgan fingerprint density at radius 2 is 1.95 bits per heavy atom. The minimum absolute atomic E-state index is 0.263. The van der Waals surface area contributed by atoms with Crippen molar-refractivity contribution in [2.75, 3.05) is 13.1 Å². The lowest BCUT2D eigenvalue weighted by Gasteiger charge is -2.15. The summed E-state index contributed by atoms with van der Waals surface area (Å²) < 4.78 is 35.9. The summed E-state index contributed by atoms with van der Waals surface area (Å²) >= 11 is 0. The van der Waals surface area contributed by atoms with E-state index in [1.54, 1.807) is 36.5 Å². The van der Waals surface area contributed by atoms with E-state index in [1.807, 2.05) is 0 Å². The van der Waals surface area contributed by atoms with Gasteiger partial charge in [0.2, 0.25) is 0 Å². The number of carbonyl (C=O) groups excluding carboxylic acids is 1. The summed E-state index contributed by atoms with van der Waals surface area (Å²) in [6.45, 7) is 0.575. The minimum Gasteiger partial charge on any atom is -0.332 e. The summed E-state index contributed by atoms with van der Waals surface area (Å²) in [6.07, 6.45) is -4.43. The number of rotatable bonds is 3. The second kappa shape index (κ2) is 7.55. The molecular formula is C14H16F3N3O. The Morgan fingerprint density at radius 3 is 2.48 bits per heavy atom. The first-order valence-electron chi connectivity index (χ1n) is 6.22. The van der Waals surface area contributed by atoms with E-state index in [-0.39, 0.29) is 6.54 Å². The molecule has 114 valence electrons. The first-order valence-corrected chi connectivity index (χ1v) is 6.22. The maximum atomic E-state index is 12.0. The first-order chi connectivity index (χ1) is 9.81. The molecule has 1 aromatic rings. The molecular weight excluding hydrogens is 283 g/mol. The average molecular weight is 299 g/mol. The van der Waals surface area contributed by atoms with E-state index in [2.05, 4.69) is 17.2 Å². The summed E-state index contributed by atoms with van der Waals surface area (Å²) in [5, 5.41) is 4.18. The van der Waals surface area contributed by atoms with Crippen LogP contribution in [0, 0.1) is 11.8 Å². The third-order valence-corrected chi connectivity index (χ3v) is 2.54. The van der Waals surface area contributed by atoms with Gasteiger partial charge in [-0.3, -0.25) is 0 Å². The van der Waals surface area contributed by atoms with Gasteiger partial charge in [0.05, 0.1) is 12.6 Å². The molecule has 0 heterocycles. The second-order valence-corrected chi connectivity index (χ2v) is 4.29. The number of hydrogen-bond acceptors (Lipinski definition) is 2. The maximum Gasteiger partial charge on any atom is 0.405 e. The summed E-state index contributed by atoms with van der Waals surface area (Å²) in [5.74, 6) is 5.56. The highest BCUT2D eigenvalue weighted by molar-refractivity contribution is 5.74. The van der Waals surface area contributed by atoms with Crippen molar-refractivity contribution < 1.29 is 18.0 Å². The van der Waals surface area contributed by atoms with Crippen LogP contribution in [-0.4, -0.2) is 25.3 Å². The highest BCUT2D eigenvalue weighted by Gasteiger charge is 2.27. The minimum atomic E-state index is -4.43. The predicted octanol–water partition coefficient (Wildman–Crippen LogP) is 1.92. The lowest BCUT2D eigenvalue weighted by molar-refractivity contribution is -0.122. The van der Waals surface area contributed by atoms with Gasteiger partial charge < -0.3 is 16.4 Å². The molecule has 4 N–H and O–H groups in total. The monoisotopic (exact) mass is 299 g/mol. The lowest BCUT2D eigenvalue weighted by atomic mass is 10.1. The molecule has 0 fully saturated rings. The number of alkyl halides is 3. The molecule has 0 spiro atoms. The number of nitrogens with two attached hydrogens (primary N) is 1. The van der Waals surface area contributed by atoms with Crippen molar-refractivity contribution in [3.05, 3.63) is 35.4 Å². The van der Waals surface area contributed by atoms with Crippen molar-refractivity contribution in [2.45, 2.75) is 19.1 Å². The van der Waals surface area contributed by atoms with Crippen molar-refractivity contribution in [1.29, 1.82) is 0 Å². The maximum absolute atomic E-state index is 12.0. The first kappa shape index (κ1) is 16.9. The van der Waals surface area contributed by atoms with Crippen LogP contribution in [0.15, 0.2) is 24.3 Å². The Hall–Kier alpha value is -2.20. The van der Waals surface area contributed by atoms with Crippen molar-refractivity contribution in [2.24, 2.45) is 5.73 Å². The van der Waals surface area contributed by atoms with Gasteiger partial charge in [0, 0.05) is 5.56 Å². The van der Waals surface area contributed by atoms with Gasteiger partial charge in [0.25, 0.3) is 0 Å². The van der Waals surface area contributed by atoms with Gasteiger partial charge in [-0.15, -0.1) is 0 Å². The van der Waals surface area contributed by atoms with Crippen LogP contribution in [0.1, 0.15) is 24.1 Å². The topological polar surface area (TPSA) is 67.2 Å². The smallest absolute Gasteiger partial charge is 0.332 e. The summed E-state index contributed by atoms with van der Waals surface area (Å²) in [4.78, 5) is 11.3. The largest absolute Gasteiger partial charge is 0.405 e. The van der Waals surface area contributed by atoms with Crippen LogP contribution in [0.25, 0.3) is 0 Å². The normalized spacial score (nSPS) is 12.0. The van der Waals surface area contributed by atoms with Gasteiger partial charge in [-0.1, -0.05) is 24.0 Å². The van der Waals surface area contributed by atoms with Crippen LogP contribution < -0.4 is 16.4 Å². The van der Waals surface area contributed by atoms with Gasteiger partial charge in [0.15, 0.2) is 0 Å². The molecule has 2 amide bonds. The Labute approximate surface area is 120 Å². The van der Waals surface area contributed by atoms with Gasteiger partial charge in [-0.2, -0.15) is 13.2 Å². The summed E-state index contributed by atoms with van der Waals surface area (Å²) in [7, 11) is 0. The van der Waals surface area contributed by atoms with E-state index in [9.17, 15) is 18.0 Å². The fraction of sp³-hybridized carbons (Fsp3) is 0.357. The number of hydrogen-bond donors (Lipinski definition) is 3. The van der Waals surface area contributed by atoms with Crippen LogP contribution in [0.5, 0.6) is 0 Å². The van der Waals surface area contributed by atoms with Gasteiger partial charge in [-0.25, -0.2) is 4.79 Å². The van der Waals surface area contributed by atoms with Crippen molar-refractivity contribution >= 4 is 6.03 Å². The van der Waals surface area contributed by atoms with E-state index in [0.717, 1.165) is 11.1 Å². The zero-order chi connectivity index (χ0) is 15.9. The third-order valence-electron chi connectivity index (χ3n) is 2.54. The van der Waals surface area contributed by atoms with E-state index >= 15 is 0 Å². The van der Waals surface area contributed by atoms with Crippen molar-refractivity contribution in [1.82, 2.24) is 10.6 Å². The molecule has 0 saturated heterocycles. The molecule has 1 unspecified atom stereocenters. The quantitative estimate of drug-likeness (QED) is 0.747. The highest BCUT2D eigenvalue weighted by atomic mass is 19.4. The standard InChI is InChI=1S/C14H16F3N3O/c1-10(20-13(21)19-9-14(15,16)17)12-6-4-11(5-7-12)3-2-8-18/h4-7,10H,8-9,18H2,1H3,(H2,19,20,21). The fourth-order valence-electron chi connectivity index (χ4n) is 1.52. The second-order valence-electron chi connectivity index (χ2n) is 4.29. The molecule has 0 aromatic heterocycles. The van der Waals surface area contributed by atoms with Crippen LogP contribution in [-0.2, 0) is 0 Å². The number of carbonyl (C=O) groups is 1. The Balaban J connectivity index is 2.55. The molecule has 0 aliphatic rings. The number of halogens is 3. The van der Waals surface area contributed by atoms with Crippen molar-refractivity contribution in [3.63, 3.8) is 0 Å². The van der Waals surface area contributed by atoms with Gasteiger partial charge in [-0.05, 0) is 24.6 Å². The summed E-state index contributed by atoms with van der Waals surface area (Å²) in [5.41, 5.74) is 6.80. The van der Waals surface area contributed by atoms with E-state index in [4.69, 9.17) is 5.73 Å². The van der Waals surface area contributed by atoms with Gasteiger partial charge >= 0.3 is 12.2 Å². The van der Waals surface area contributed by atoms with Crippen LogP contribution in [0.3, 0.4) is 0 Å². The zero-order valence-electron chi connectivity index (χ0n) is 11.4. The molecule has 0 bridgehead atoms.